The highest BCUT2D eigenvalue weighted by molar-refractivity contribution is 5.80. The minimum absolute atomic E-state index is 0.768. The number of aliphatic imine (C=N–C) groups is 1. The maximum atomic E-state index is 4.49. The molecule has 4 rings (SSSR count). The van der Waals surface area contributed by atoms with Crippen molar-refractivity contribution in [1.82, 2.24) is 20.2 Å². The van der Waals surface area contributed by atoms with Gasteiger partial charge in [-0.05, 0) is 23.8 Å². The first kappa shape index (κ1) is 18.3. The first-order valence-electron chi connectivity index (χ1n) is 9.80. The maximum Gasteiger partial charge on any atom is 0.225 e. The fourth-order valence-corrected chi connectivity index (χ4v) is 3.64. The van der Waals surface area contributed by atoms with E-state index in [0.29, 0.717) is 0 Å². The molecule has 0 spiro atoms. The standard InChI is InChI=1S/C21H27N7/c1-22-20(27-12-14-28(15-13-27)21-23-8-5-9-24-21)25-17-18-6-4-7-19(16-18)26-10-2-3-11-26/h2-9,16H,10-15,17H2,1H3,(H,22,25). The fourth-order valence-electron chi connectivity index (χ4n) is 3.64. The van der Waals surface area contributed by atoms with Gasteiger partial charge in [0.2, 0.25) is 5.95 Å². The molecule has 1 N–H and O–H groups in total. The second kappa shape index (κ2) is 8.73. The molecule has 1 aromatic carbocycles. The van der Waals surface area contributed by atoms with E-state index in [1.165, 1.54) is 11.3 Å². The first-order chi connectivity index (χ1) is 13.8. The lowest BCUT2D eigenvalue weighted by atomic mass is 10.2. The van der Waals surface area contributed by atoms with Crippen LogP contribution in [0.3, 0.4) is 0 Å². The number of hydrogen-bond acceptors (Lipinski definition) is 5. The number of nitrogens with one attached hydrogen (secondary N) is 1. The minimum atomic E-state index is 0.768. The molecule has 3 heterocycles. The predicted molar refractivity (Wildman–Crippen MR) is 114 cm³/mol. The Morgan fingerprint density at radius 2 is 1.75 bits per heavy atom. The number of nitrogens with zero attached hydrogens (tertiary/aromatic N) is 6. The molecule has 0 saturated carbocycles. The Labute approximate surface area is 166 Å². The molecule has 0 unspecified atom stereocenters. The zero-order chi connectivity index (χ0) is 19.2. The first-order valence-corrected chi connectivity index (χ1v) is 9.80. The van der Waals surface area contributed by atoms with Gasteiger partial charge >= 0.3 is 0 Å². The Hall–Kier alpha value is -3.09. The average Bonchev–Trinajstić information content (AvgIpc) is 3.31. The van der Waals surface area contributed by atoms with E-state index in [1.54, 1.807) is 12.4 Å². The van der Waals surface area contributed by atoms with Gasteiger partial charge in [0.15, 0.2) is 5.96 Å². The molecule has 0 bridgehead atoms. The van der Waals surface area contributed by atoms with Crippen molar-refractivity contribution in [2.45, 2.75) is 6.54 Å². The van der Waals surface area contributed by atoms with E-state index < -0.39 is 0 Å². The normalized spacial score (nSPS) is 17.3. The monoisotopic (exact) mass is 377 g/mol. The van der Waals surface area contributed by atoms with E-state index in [4.69, 9.17) is 0 Å². The number of aromatic nitrogens is 2. The summed E-state index contributed by atoms with van der Waals surface area (Å²) in [5, 5.41) is 3.52. The molecule has 0 atom stereocenters. The zero-order valence-electron chi connectivity index (χ0n) is 16.3. The summed E-state index contributed by atoms with van der Waals surface area (Å²) < 4.78 is 0. The fraction of sp³-hybridized carbons (Fsp3) is 0.381. The highest BCUT2D eigenvalue weighted by Gasteiger charge is 2.21. The van der Waals surface area contributed by atoms with Crippen molar-refractivity contribution in [1.29, 1.82) is 0 Å². The van der Waals surface area contributed by atoms with E-state index in [1.807, 2.05) is 13.1 Å². The smallest absolute Gasteiger partial charge is 0.225 e. The van der Waals surface area contributed by atoms with Crippen molar-refractivity contribution in [2.75, 3.05) is 56.1 Å². The third-order valence-corrected chi connectivity index (χ3v) is 5.17. The van der Waals surface area contributed by atoms with Crippen molar-refractivity contribution >= 4 is 17.6 Å². The molecule has 0 amide bonds. The minimum Gasteiger partial charge on any atom is -0.364 e. The summed E-state index contributed by atoms with van der Waals surface area (Å²) in [7, 11) is 1.85. The van der Waals surface area contributed by atoms with E-state index >= 15 is 0 Å². The molecule has 2 aromatic rings. The third-order valence-electron chi connectivity index (χ3n) is 5.17. The van der Waals surface area contributed by atoms with Crippen molar-refractivity contribution in [3.8, 4) is 0 Å². The molecule has 0 radical (unpaired) electrons. The van der Waals surface area contributed by atoms with Gasteiger partial charge in [-0.1, -0.05) is 24.3 Å². The SMILES string of the molecule is CN=C(NCc1cccc(N2CC=CC2)c1)N1CCN(c2ncccn2)CC1. The van der Waals surface area contributed by atoms with E-state index in [9.17, 15) is 0 Å². The van der Waals surface area contributed by atoms with Gasteiger partial charge in [0, 0.05) is 70.9 Å². The number of guanidine groups is 1. The number of piperazine rings is 1. The molecule has 0 aliphatic carbocycles. The van der Waals surface area contributed by atoms with Crippen LogP contribution in [0, 0.1) is 0 Å². The van der Waals surface area contributed by atoms with Crippen molar-refractivity contribution in [3.05, 3.63) is 60.4 Å². The van der Waals surface area contributed by atoms with Crippen LogP contribution in [0.25, 0.3) is 0 Å². The highest BCUT2D eigenvalue weighted by Crippen LogP contribution is 2.18. The van der Waals surface area contributed by atoms with Gasteiger partial charge in [-0.25, -0.2) is 9.97 Å². The van der Waals surface area contributed by atoms with E-state index in [2.05, 4.69) is 71.4 Å². The van der Waals surface area contributed by atoms with Crippen molar-refractivity contribution in [3.63, 3.8) is 0 Å². The summed E-state index contributed by atoms with van der Waals surface area (Å²) >= 11 is 0. The van der Waals surface area contributed by atoms with E-state index in [-0.39, 0.29) is 0 Å². The average molecular weight is 377 g/mol. The number of anilines is 2. The van der Waals surface area contributed by atoms with Gasteiger partial charge < -0.3 is 20.0 Å². The van der Waals surface area contributed by atoms with Crippen LogP contribution >= 0.6 is 0 Å². The van der Waals surface area contributed by atoms with Crippen molar-refractivity contribution in [2.24, 2.45) is 4.99 Å². The second-order valence-electron chi connectivity index (χ2n) is 6.97. The quantitative estimate of drug-likeness (QED) is 0.498. The summed E-state index contributed by atoms with van der Waals surface area (Å²) in [4.78, 5) is 20.1. The Morgan fingerprint density at radius 1 is 1.00 bits per heavy atom. The van der Waals surface area contributed by atoms with Crippen LogP contribution in [-0.2, 0) is 6.54 Å². The summed E-state index contributed by atoms with van der Waals surface area (Å²) in [5.74, 6) is 1.75. The molecule has 7 nitrogen and oxygen atoms in total. The lowest BCUT2D eigenvalue weighted by molar-refractivity contribution is 0.370. The molecule has 2 aliphatic heterocycles. The van der Waals surface area contributed by atoms with Crippen LogP contribution < -0.4 is 15.1 Å². The summed E-state index contributed by atoms with van der Waals surface area (Å²) in [6, 6.07) is 10.6. The number of benzene rings is 1. The van der Waals surface area contributed by atoms with Gasteiger partial charge in [0.25, 0.3) is 0 Å². The third kappa shape index (κ3) is 4.24. The Balaban J connectivity index is 1.31. The van der Waals surface area contributed by atoms with E-state index in [0.717, 1.165) is 57.7 Å². The molecular formula is C21H27N7. The molecule has 1 fully saturated rings. The molecule has 7 heteroatoms. The van der Waals surface area contributed by atoms with Crippen LogP contribution in [0.1, 0.15) is 5.56 Å². The number of rotatable bonds is 4. The van der Waals surface area contributed by atoms with Crippen LogP contribution in [0.5, 0.6) is 0 Å². The Morgan fingerprint density at radius 3 is 2.46 bits per heavy atom. The topological polar surface area (TPSA) is 59.9 Å². The molecule has 28 heavy (non-hydrogen) atoms. The van der Waals surface area contributed by atoms with Gasteiger partial charge in [-0.15, -0.1) is 0 Å². The van der Waals surface area contributed by atoms with Crippen LogP contribution in [0.2, 0.25) is 0 Å². The summed E-state index contributed by atoms with van der Waals surface area (Å²) in [6.07, 6.45) is 8.02. The second-order valence-corrected chi connectivity index (χ2v) is 6.97. The molecule has 2 aliphatic rings. The van der Waals surface area contributed by atoms with Gasteiger partial charge in [0.05, 0.1) is 0 Å². The van der Waals surface area contributed by atoms with Gasteiger partial charge in [-0.3, -0.25) is 4.99 Å². The molecule has 1 saturated heterocycles. The Kier molecular flexibility index (Phi) is 5.70. The van der Waals surface area contributed by atoms with Crippen LogP contribution in [-0.4, -0.2) is 67.1 Å². The molecule has 1 aromatic heterocycles. The van der Waals surface area contributed by atoms with Crippen LogP contribution in [0.4, 0.5) is 11.6 Å². The zero-order valence-corrected chi connectivity index (χ0v) is 16.3. The molecule has 146 valence electrons. The summed E-state index contributed by atoms with van der Waals surface area (Å²) in [6.45, 7) is 6.34. The lowest BCUT2D eigenvalue weighted by Gasteiger charge is -2.36. The molecular weight excluding hydrogens is 350 g/mol. The van der Waals surface area contributed by atoms with Crippen LogP contribution in [0.15, 0.2) is 59.9 Å². The lowest BCUT2D eigenvalue weighted by Crippen LogP contribution is -2.52. The predicted octanol–water partition coefficient (Wildman–Crippen LogP) is 1.75. The summed E-state index contributed by atoms with van der Waals surface area (Å²) in [5.41, 5.74) is 2.54. The van der Waals surface area contributed by atoms with Gasteiger partial charge in [-0.2, -0.15) is 0 Å². The Bertz CT molecular complexity index is 818. The maximum absolute atomic E-state index is 4.49. The number of hydrogen-bond donors (Lipinski definition) is 1. The van der Waals surface area contributed by atoms with Crippen molar-refractivity contribution < 1.29 is 0 Å². The largest absolute Gasteiger partial charge is 0.364 e. The van der Waals surface area contributed by atoms with Gasteiger partial charge in [0.1, 0.15) is 0 Å². The highest BCUT2D eigenvalue weighted by atomic mass is 15.4.